The van der Waals surface area contributed by atoms with Gasteiger partial charge < -0.3 is 20.1 Å². The van der Waals surface area contributed by atoms with Crippen LogP contribution in [-0.4, -0.2) is 54.4 Å². The van der Waals surface area contributed by atoms with Gasteiger partial charge in [0.05, 0.1) is 5.41 Å². The zero-order chi connectivity index (χ0) is 13.2. The SMILES string of the molecule is CC1(C(=O)O)CCN(C(=O)NC2CCOCC2)C1. The summed E-state index contributed by atoms with van der Waals surface area (Å²) in [7, 11) is 0. The fraction of sp³-hybridized carbons (Fsp3) is 0.833. The number of carbonyl (C=O) groups excluding carboxylic acids is 1. The van der Waals surface area contributed by atoms with E-state index in [4.69, 9.17) is 9.84 Å². The Kier molecular flexibility index (Phi) is 3.75. The van der Waals surface area contributed by atoms with Crippen molar-refractivity contribution in [3.8, 4) is 0 Å². The van der Waals surface area contributed by atoms with Crippen molar-refractivity contribution < 1.29 is 19.4 Å². The van der Waals surface area contributed by atoms with E-state index in [0.29, 0.717) is 26.2 Å². The molecule has 0 bridgehead atoms. The summed E-state index contributed by atoms with van der Waals surface area (Å²) < 4.78 is 5.23. The standard InChI is InChI=1S/C12H20N2O4/c1-12(10(15)16)4-5-14(8-12)11(17)13-9-2-6-18-7-3-9/h9H,2-8H2,1H3,(H,13,17)(H,15,16). The van der Waals surface area contributed by atoms with Crippen molar-refractivity contribution in [2.45, 2.75) is 32.2 Å². The van der Waals surface area contributed by atoms with Gasteiger partial charge in [-0.05, 0) is 26.2 Å². The zero-order valence-electron chi connectivity index (χ0n) is 10.6. The van der Waals surface area contributed by atoms with Gasteiger partial charge in [0.1, 0.15) is 0 Å². The number of hydrogen-bond donors (Lipinski definition) is 2. The van der Waals surface area contributed by atoms with Crippen LogP contribution in [0, 0.1) is 5.41 Å². The summed E-state index contributed by atoms with van der Waals surface area (Å²) in [6, 6.07) is 0.00908. The molecule has 1 unspecified atom stereocenters. The maximum atomic E-state index is 12.0. The number of rotatable bonds is 2. The topological polar surface area (TPSA) is 78.9 Å². The van der Waals surface area contributed by atoms with Crippen LogP contribution >= 0.6 is 0 Å². The average Bonchev–Trinajstić information content (AvgIpc) is 2.75. The third-order valence-electron chi connectivity index (χ3n) is 3.83. The summed E-state index contributed by atoms with van der Waals surface area (Å²) >= 11 is 0. The van der Waals surface area contributed by atoms with E-state index in [9.17, 15) is 9.59 Å². The predicted octanol–water partition coefficient (Wildman–Crippen LogP) is 0.672. The van der Waals surface area contributed by atoms with Crippen LogP contribution in [-0.2, 0) is 9.53 Å². The first kappa shape index (κ1) is 13.1. The number of carbonyl (C=O) groups is 2. The number of likely N-dealkylation sites (tertiary alicyclic amines) is 1. The lowest BCUT2D eigenvalue weighted by Crippen LogP contribution is -2.46. The molecule has 0 aliphatic carbocycles. The number of nitrogens with zero attached hydrogens (tertiary/aromatic N) is 1. The fourth-order valence-corrected chi connectivity index (χ4v) is 2.42. The second-order valence-corrected chi connectivity index (χ2v) is 5.37. The molecule has 0 saturated carbocycles. The summed E-state index contributed by atoms with van der Waals surface area (Å²) in [5, 5.41) is 12.1. The maximum absolute atomic E-state index is 12.0. The van der Waals surface area contributed by atoms with Crippen LogP contribution in [0.3, 0.4) is 0 Å². The van der Waals surface area contributed by atoms with Crippen LogP contribution in [0.15, 0.2) is 0 Å². The Morgan fingerprint density at radius 3 is 2.61 bits per heavy atom. The summed E-state index contributed by atoms with van der Waals surface area (Å²) in [6.45, 7) is 3.85. The summed E-state index contributed by atoms with van der Waals surface area (Å²) in [5.74, 6) is -0.830. The van der Waals surface area contributed by atoms with Crippen LogP contribution < -0.4 is 5.32 Å². The monoisotopic (exact) mass is 256 g/mol. The normalized spacial score (nSPS) is 29.3. The molecule has 0 aromatic rings. The van der Waals surface area contributed by atoms with Crippen molar-refractivity contribution in [1.29, 1.82) is 0 Å². The molecule has 6 nitrogen and oxygen atoms in total. The highest BCUT2D eigenvalue weighted by Crippen LogP contribution is 2.30. The molecule has 2 heterocycles. The second kappa shape index (κ2) is 5.14. The van der Waals surface area contributed by atoms with Gasteiger partial charge in [0.15, 0.2) is 0 Å². The number of urea groups is 1. The van der Waals surface area contributed by atoms with Gasteiger partial charge >= 0.3 is 12.0 Å². The number of amides is 2. The first-order valence-electron chi connectivity index (χ1n) is 6.38. The van der Waals surface area contributed by atoms with E-state index in [1.807, 2.05) is 0 Å². The molecular formula is C12H20N2O4. The molecule has 2 rings (SSSR count). The lowest BCUT2D eigenvalue weighted by molar-refractivity contribution is -0.146. The van der Waals surface area contributed by atoms with Crippen molar-refractivity contribution in [2.24, 2.45) is 5.41 Å². The smallest absolute Gasteiger partial charge is 0.317 e. The van der Waals surface area contributed by atoms with Crippen molar-refractivity contribution >= 4 is 12.0 Å². The fourth-order valence-electron chi connectivity index (χ4n) is 2.42. The molecule has 2 saturated heterocycles. The number of ether oxygens (including phenoxy) is 1. The molecule has 102 valence electrons. The van der Waals surface area contributed by atoms with Crippen molar-refractivity contribution in [1.82, 2.24) is 10.2 Å². The number of carboxylic acid groups (broad SMARTS) is 1. The van der Waals surface area contributed by atoms with E-state index < -0.39 is 11.4 Å². The molecule has 2 amide bonds. The van der Waals surface area contributed by atoms with Crippen LogP contribution in [0.4, 0.5) is 4.79 Å². The summed E-state index contributed by atoms with van der Waals surface area (Å²) in [6.07, 6.45) is 2.18. The summed E-state index contributed by atoms with van der Waals surface area (Å²) in [4.78, 5) is 24.7. The van der Waals surface area contributed by atoms with Gasteiger partial charge in [-0.2, -0.15) is 0 Å². The van der Waals surface area contributed by atoms with E-state index in [1.54, 1.807) is 11.8 Å². The van der Waals surface area contributed by atoms with Gasteiger partial charge in [-0.1, -0.05) is 0 Å². The minimum absolute atomic E-state index is 0.146. The highest BCUT2D eigenvalue weighted by atomic mass is 16.5. The molecule has 18 heavy (non-hydrogen) atoms. The lowest BCUT2D eigenvalue weighted by atomic mass is 9.90. The average molecular weight is 256 g/mol. The van der Waals surface area contributed by atoms with Gasteiger partial charge in [0, 0.05) is 32.3 Å². The molecule has 0 aromatic carbocycles. The molecule has 2 aliphatic heterocycles. The van der Waals surface area contributed by atoms with Gasteiger partial charge in [0.25, 0.3) is 0 Å². The molecule has 2 aliphatic rings. The first-order chi connectivity index (χ1) is 8.51. The highest BCUT2D eigenvalue weighted by molar-refractivity contribution is 5.79. The van der Waals surface area contributed by atoms with E-state index >= 15 is 0 Å². The van der Waals surface area contributed by atoms with Crippen LogP contribution in [0.5, 0.6) is 0 Å². The number of nitrogens with one attached hydrogen (secondary N) is 1. The van der Waals surface area contributed by atoms with E-state index in [1.165, 1.54) is 0 Å². The molecule has 1 atom stereocenters. The van der Waals surface area contributed by atoms with Gasteiger partial charge in [0.2, 0.25) is 0 Å². The highest BCUT2D eigenvalue weighted by Gasteiger charge is 2.42. The first-order valence-corrected chi connectivity index (χ1v) is 6.38. The van der Waals surface area contributed by atoms with Crippen LogP contribution in [0.25, 0.3) is 0 Å². The second-order valence-electron chi connectivity index (χ2n) is 5.37. The number of hydrogen-bond acceptors (Lipinski definition) is 3. The van der Waals surface area contributed by atoms with E-state index in [2.05, 4.69) is 5.32 Å². The number of carboxylic acids is 1. The largest absolute Gasteiger partial charge is 0.481 e. The molecule has 0 radical (unpaired) electrons. The van der Waals surface area contributed by atoms with Crippen molar-refractivity contribution in [3.05, 3.63) is 0 Å². The minimum Gasteiger partial charge on any atom is -0.481 e. The molecular weight excluding hydrogens is 236 g/mol. The molecule has 0 spiro atoms. The Labute approximate surface area is 106 Å². The Morgan fingerprint density at radius 2 is 2.06 bits per heavy atom. The Bertz CT molecular complexity index is 341. The van der Waals surface area contributed by atoms with E-state index in [0.717, 1.165) is 12.8 Å². The van der Waals surface area contributed by atoms with Crippen molar-refractivity contribution in [2.75, 3.05) is 26.3 Å². The van der Waals surface area contributed by atoms with Gasteiger partial charge in [-0.25, -0.2) is 4.79 Å². The quantitative estimate of drug-likeness (QED) is 0.761. The number of aliphatic carboxylic acids is 1. The summed E-state index contributed by atoms with van der Waals surface area (Å²) in [5.41, 5.74) is -0.799. The predicted molar refractivity (Wildman–Crippen MR) is 64.3 cm³/mol. The van der Waals surface area contributed by atoms with E-state index in [-0.39, 0.29) is 18.6 Å². The Hall–Kier alpha value is -1.30. The van der Waals surface area contributed by atoms with Crippen LogP contribution in [0.2, 0.25) is 0 Å². The van der Waals surface area contributed by atoms with Gasteiger partial charge in [-0.3, -0.25) is 4.79 Å². The lowest BCUT2D eigenvalue weighted by Gasteiger charge is -2.26. The van der Waals surface area contributed by atoms with Gasteiger partial charge in [-0.15, -0.1) is 0 Å². The molecule has 6 heteroatoms. The Morgan fingerprint density at radius 1 is 1.39 bits per heavy atom. The zero-order valence-corrected chi connectivity index (χ0v) is 10.6. The maximum Gasteiger partial charge on any atom is 0.317 e. The third-order valence-corrected chi connectivity index (χ3v) is 3.83. The minimum atomic E-state index is -0.830. The molecule has 0 aromatic heterocycles. The third kappa shape index (κ3) is 2.75. The molecule has 2 fully saturated rings. The molecule has 2 N–H and O–H groups in total. The Balaban J connectivity index is 1.85. The van der Waals surface area contributed by atoms with Crippen LogP contribution in [0.1, 0.15) is 26.2 Å². The van der Waals surface area contributed by atoms with Crippen molar-refractivity contribution in [3.63, 3.8) is 0 Å².